The van der Waals surface area contributed by atoms with Gasteiger partial charge in [-0.3, -0.25) is 4.79 Å². The molecule has 0 fully saturated rings. The molecule has 0 unspecified atom stereocenters. The fourth-order valence-electron chi connectivity index (χ4n) is 1.02. The van der Waals surface area contributed by atoms with E-state index in [-0.39, 0.29) is 5.92 Å². The number of carbonyl (C=O) groups excluding carboxylic acids is 2. The first kappa shape index (κ1) is 13.7. The molecule has 6 heteroatoms. The number of hydrogen-bond donors (Lipinski definition) is 3. The Morgan fingerprint density at radius 3 is 2.07 bits per heavy atom. The van der Waals surface area contributed by atoms with Crippen molar-refractivity contribution < 1.29 is 19.4 Å². The van der Waals surface area contributed by atoms with Crippen molar-refractivity contribution in [1.82, 2.24) is 10.6 Å². The topological polar surface area (TPSA) is 87.7 Å². The van der Waals surface area contributed by atoms with Crippen LogP contribution in [0.5, 0.6) is 0 Å². The minimum absolute atomic E-state index is 0.0946. The highest BCUT2D eigenvalue weighted by molar-refractivity contribution is 5.85. The van der Waals surface area contributed by atoms with Gasteiger partial charge in [-0.15, -0.1) is 0 Å². The van der Waals surface area contributed by atoms with Crippen LogP contribution in [0.3, 0.4) is 0 Å². The molecule has 2 amide bonds. The van der Waals surface area contributed by atoms with Crippen molar-refractivity contribution in [1.29, 1.82) is 0 Å². The van der Waals surface area contributed by atoms with E-state index in [2.05, 4.69) is 15.4 Å². The summed E-state index contributed by atoms with van der Waals surface area (Å²) in [5.74, 6) is -0.534. The van der Waals surface area contributed by atoms with Crippen molar-refractivity contribution in [2.75, 3.05) is 7.11 Å². The van der Waals surface area contributed by atoms with Crippen molar-refractivity contribution >= 4 is 12.0 Å². The molecular formula is C9H18N2O4. The second kappa shape index (κ2) is 6.23. The predicted molar refractivity (Wildman–Crippen MR) is 54.0 cm³/mol. The average molecular weight is 218 g/mol. The van der Waals surface area contributed by atoms with Gasteiger partial charge in [-0.05, 0) is 12.8 Å². The second-order valence-corrected chi connectivity index (χ2v) is 3.54. The quantitative estimate of drug-likeness (QED) is 0.571. The Bertz CT molecular complexity index is 228. The maximum absolute atomic E-state index is 11.5. The molecule has 0 aliphatic heterocycles. The SMILES string of the molecule is COC(=O)N[C@H](C(=O)N[C@H](C)O)C(C)C. The summed E-state index contributed by atoms with van der Waals surface area (Å²) in [7, 11) is 1.22. The number of aliphatic hydroxyl groups is 1. The highest BCUT2D eigenvalue weighted by Gasteiger charge is 2.24. The molecule has 0 saturated heterocycles. The zero-order valence-corrected chi connectivity index (χ0v) is 9.40. The molecular weight excluding hydrogens is 200 g/mol. The van der Waals surface area contributed by atoms with Crippen molar-refractivity contribution in [2.24, 2.45) is 5.92 Å². The predicted octanol–water partition coefficient (Wildman–Crippen LogP) is -0.179. The number of amides is 2. The lowest BCUT2D eigenvalue weighted by atomic mass is 10.0. The molecule has 0 bridgehead atoms. The van der Waals surface area contributed by atoms with E-state index in [1.807, 2.05) is 0 Å². The van der Waals surface area contributed by atoms with Crippen LogP contribution in [0.4, 0.5) is 4.79 Å². The summed E-state index contributed by atoms with van der Waals surface area (Å²) in [6.45, 7) is 4.98. The number of carbonyl (C=O) groups is 2. The lowest BCUT2D eigenvalue weighted by Gasteiger charge is -2.21. The molecule has 0 saturated carbocycles. The van der Waals surface area contributed by atoms with Gasteiger partial charge in [0.15, 0.2) is 0 Å². The molecule has 15 heavy (non-hydrogen) atoms. The molecule has 3 N–H and O–H groups in total. The van der Waals surface area contributed by atoms with Crippen LogP contribution in [-0.2, 0) is 9.53 Å². The van der Waals surface area contributed by atoms with Crippen molar-refractivity contribution in [3.63, 3.8) is 0 Å². The Kier molecular flexibility index (Phi) is 5.69. The Morgan fingerprint density at radius 1 is 1.20 bits per heavy atom. The molecule has 0 spiro atoms. The molecule has 0 aromatic heterocycles. The molecule has 0 aromatic carbocycles. The Morgan fingerprint density at radius 2 is 1.73 bits per heavy atom. The van der Waals surface area contributed by atoms with Gasteiger partial charge in [-0.1, -0.05) is 13.8 Å². The minimum atomic E-state index is -0.946. The molecule has 6 nitrogen and oxygen atoms in total. The first-order valence-corrected chi connectivity index (χ1v) is 4.71. The number of rotatable bonds is 4. The summed E-state index contributed by atoms with van der Waals surface area (Å²) in [6, 6.07) is -0.716. The average Bonchev–Trinajstić information content (AvgIpc) is 2.11. The van der Waals surface area contributed by atoms with Gasteiger partial charge >= 0.3 is 6.09 Å². The monoisotopic (exact) mass is 218 g/mol. The van der Waals surface area contributed by atoms with Crippen LogP contribution >= 0.6 is 0 Å². The Balaban J connectivity index is 4.39. The number of ether oxygens (including phenoxy) is 1. The Labute approximate surface area is 89.0 Å². The smallest absolute Gasteiger partial charge is 0.407 e. The highest BCUT2D eigenvalue weighted by Crippen LogP contribution is 2.02. The van der Waals surface area contributed by atoms with Gasteiger partial charge in [0.2, 0.25) is 5.91 Å². The van der Waals surface area contributed by atoms with Gasteiger partial charge in [-0.2, -0.15) is 0 Å². The third kappa shape index (κ3) is 5.21. The fourth-order valence-corrected chi connectivity index (χ4v) is 1.02. The molecule has 0 aromatic rings. The maximum Gasteiger partial charge on any atom is 0.407 e. The van der Waals surface area contributed by atoms with Crippen LogP contribution in [0.15, 0.2) is 0 Å². The number of methoxy groups -OCH3 is 1. The van der Waals surface area contributed by atoms with E-state index in [4.69, 9.17) is 5.11 Å². The highest BCUT2D eigenvalue weighted by atomic mass is 16.5. The maximum atomic E-state index is 11.5. The van der Waals surface area contributed by atoms with Crippen LogP contribution in [0.2, 0.25) is 0 Å². The lowest BCUT2D eigenvalue weighted by molar-refractivity contribution is -0.126. The molecule has 2 atom stereocenters. The summed E-state index contributed by atoms with van der Waals surface area (Å²) < 4.78 is 4.39. The first-order valence-electron chi connectivity index (χ1n) is 4.71. The molecule has 88 valence electrons. The number of aliphatic hydroxyl groups excluding tert-OH is 1. The van der Waals surface area contributed by atoms with Gasteiger partial charge in [0.25, 0.3) is 0 Å². The largest absolute Gasteiger partial charge is 0.453 e. The van der Waals surface area contributed by atoms with Crippen molar-refractivity contribution in [2.45, 2.75) is 33.0 Å². The lowest BCUT2D eigenvalue weighted by Crippen LogP contribution is -2.51. The van der Waals surface area contributed by atoms with E-state index in [1.54, 1.807) is 13.8 Å². The van der Waals surface area contributed by atoms with E-state index in [0.29, 0.717) is 0 Å². The van der Waals surface area contributed by atoms with E-state index in [9.17, 15) is 9.59 Å². The van der Waals surface area contributed by atoms with Crippen LogP contribution < -0.4 is 10.6 Å². The molecule has 0 aliphatic rings. The minimum Gasteiger partial charge on any atom is -0.453 e. The van der Waals surface area contributed by atoms with Crippen LogP contribution in [0.1, 0.15) is 20.8 Å². The van der Waals surface area contributed by atoms with Crippen LogP contribution in [0.25, 0.3) is 0 Å². The van der Waals surface area contributed by atoms with E-state index in [0.717, 1.165) is 0 Å². The number of hydrogen-bond acceptors (Lipinski definition) is 4. The Hall–Kier alpha value is -1.30. The molecule has 0 radical (unpaired) electrons. The van der Waals surface area contributed by atoms with Gasteiger partial charge in [0.05, 0.1) is 7.11 Å². The van der Waals surface area contributed by atoms with E-state index >= 15 is 0 Å². The van der Waals surface area contributed by atoms with Gasteiger partial charge in [-0.25, -0.2) is 4.79 Å². The standard InChI is InChI=1S/C9H18N2O4/c1-5(2)7(11-9(14)15-4)8(13)10-6(3)12/h5-7,12H,1-4H3,(H,10,13)(H,11,14)/t6-,7-/m0/s1. The number of alkyl carbamates (subject to hydrolysis) is 1. The first-order chi connectivity index (χ1) is 6.88. The van der Waals surface area contributed by atoms with Gasteiger partial charge in [0.1, 0.15) is 12.3 Å². The normalized spacial score (nSPS) is 14.3. The zero-order chi connectivity index (χ0) is 12.0. The van der Waals surface area contributed by atoms with Crippen LogP contribution in [0, 0.1) is 5.92 Å². The van der Waals surface area contributed by atoms with E-state index in [1.165, 1.54) is 14.0 Å². The van der Waals surface area contributed by atoms with Gasteiger partial charge in [0, 0.05) is 0 Å². The molecule has 0 rings (SSSR count). The summed E-state index contributed by atoms with van der Waals surface area (Å²) in [5.41, 5.74) is 0. The van der Waals surface area contributed by atoms with Crippen LogP contribution in [-0.4, -0.2) is 36.5 Å². The summed E-state index contributed by atoms with van der Waals surface area (Å²) in [5, 5.41) is 13.7. The summed E-state index contributed by atoms with van der Waals surface area (Å²) in [6.07, 6.45) is -1.62. The summed E-state index contributed by atoms with van der Waals surface area (Å²) >= 11 is 0. The second-order valence-electron chi connectivity index (χ2n) is 3.54. The fraction of sp³-hybridized carbons (Fsp3) is 0.778. The van der Waals surface area contributed by atoms with Gasteiger partial charge < -0.3 is 20.5 Å². The molecule has 0 heterocycles. The zero-order valence-electron chi connectivity index (χ0n) is 9.40. The van der Waals surface area contributed by atoms with Crippen molar-refractivity contribution in [3.05, 3.63) is 0 Å². The third-order valence-electron chi connectivity index (χ3n) is 1.76. The number of nitrogens with one attached hydrogen (secondary N) is 2. The molecule has 0 aliphatic carbocycles. The van der Waals surface area contributed by atoms with Crippen molar-refractivity contribution in [3.8, 4) is 0 Å². The third-order valence-corrected chi connectivity index (χ3v) is 1.76. The van der Waals surface area contributed by atoms with E-state index < -0.39 is 24.3 Å². The summed E-state index contributed by atoms with van der Waals surface area (Å²) in [4.78, 5) is 22.4.